The standard InChI is InChI=1S/C25H22ClFN2O3/c1-3-13(2)28-24(31)20-19-10-8-14-12-15(27)9-11-18(14)29(19)22(21(20)25(28)32)23(30)16-6-4-5-7-17(16)26/h4-13,19-22H,3H2,1-2H3/t13-,19-,20+,21-,22-/m1/s1. The molecule has 0 unspecified atom stereocenters. The van der Waals surface area contributed by atoms with Crippen LogP contribution < -0.4 is 4.90 Å². The van der Waals surface area contributed by atoms with Crippen LogP contribution in [-0.4, -0.2) is 40.6 Å². The van der Waals surface area contributed by atoms with E-state index in [-0.39, 0.29) is 23.6 Å². The molecule has 3 aliphatic rings. The van der Waals surface area contributed by atoms with Crippen molar-refractivity contribution in [1.29, 1.82) is 0 Å². The molecule has 0 saturated carbocycles. The van der Waals surface area contributed by atoms with E-state index in [1.807, 2.05) is 24.8 Å². The minimum atomic E-state index is -0.912. The van der Waals surface area contributed by atoms with Gasteiger partial charge in [-0.25, -0.2) is 4.39 Å². The molecule has 0 bridgehead atoms. The molecule has 5 nitrogen and oxygen atoms in total. The Labute approximate surface area is 190 Å². The topological polar surface area (TPSA) is 57.7 Å². The van der Waals surface area contributed by atoms with Crippen LogP contribution in [0.1, 0.15) is 36.2 Å². The Morgan fingerprint density at radius 3 is 2.56 bits per heavy atom. The van der Waals surface area contributed by atoms with Crippen LogP contribution >= 0.6 is 11.6 Å². The van der Waals surface area contributed by atoms with Crippen LogP contribution in [0.25, 0.3) is 6.08 Å². The highest BCUT2D eigenvalue weighted by Crippen LogP contribution is 2.49. The van der Waals surface area contributed by atoms with Crippen molar-refractivity contribution in [2.45, 2.75) is 38.4 Å². The third-order valence-corrected chi connectivity index (χ3v) is 7.27. The molecule has 2 aromatic carbocycles. The van der Waals surface area contributed by atoms with E-state index in [2.05, 4.69) is 0 Å². The first-order valence-electron chi connectivity index (χ1n) is 10.8. The molecule has 0 radical (unpaired) electrons. The van der Waals surface area contributed by atoms with Crippen LogP contribution in [0.3, 0.4) is 0 Å². The second-order valence-corrected chi connectivity index (χ2v) is 9.01. The van der Waals surface area contributed by atoms with Crippen LogP contribution in [0.5, 0.6) is 0 Å². The number of hydrogen-bond donors (Lipinski definition) is 0. The molecule has 0 aliphatic carbocycles. The number of nitrogens with zero attached hydrogens (tertiary/aromatic N) is 2. The number of ketones is 1. The van der Waals surface area contributed by atoms with Crippen molar-refractivity contribution in [2.24, 2.45) is 11.8 Å². The molecule has 7 heteroatoms. The van der Waals surface area contributed by atoms with Gasteiger partial charge in [0.05, 0.1) is 22.9 Å². The molecule has 2 fully saturated rings. The number of fused-ring (bicyclic) bond motifs is 5. The summed E-state index contributed by atoms with van der Waals surface area (Å²) in [4.78, 5) is 44.0. The Kier molecular flexibility index (Phi) is 4.93. The lowest BCUT2D eigenvalue weighted by Gasteiger charge is -2.37. The van der Waals surface area contributed by atoms with E-state index >= 15 is 0 Å². The lowest BCUT2D eigenvalue weighted by molar-refractivity contribution is -0.142. The van der Waals surface area contributed by atoms with Gasteiger partial charge in [-0.15, -0.1) is 0 Å². The Balaban J connectivity index is 1.68. The Hall–Kier alpha value is -2.99. The highest BCUT2D eigenvalue weighted by atomic mass is 35.5. The van der Waals surface area contributed by atoms with E-state index in [0.29, 0.717) is 28.3 Å². The molecule has 2 aromatic rings. The van der Waals surface area contributed by atoms with Crippen molar-refractivity contribution in [3.8, 4) is 0 Å². The van der Waals surface area contributed by atoms with E-state index in [9.17, 15) is 18.8 Å². The molecule has 2 saturated heterocycles. The molecule has 2 amide bonds. The van der Waals surface area contributed by atoms with Gasteiger partial charge in [0.15, 0.2) is 5.78 Å². The van der Waals surface area contributed by atoms with Crippen LogP contribution in [0.15, 0.2) is 48.5 Å². The maximum atomic E-state index is 13.9. The van der Waals surface area contributed by atoms with Crippen LogP contribution in [0.2, 0.25) is 5.02 Å². The number of Topliss-reactive ketones (excluding diaryl/α,β-unsaturated/α-hetero) is 1. The molecular weight excluding hydrogens is 431 g/mol. The van der Waals surface area contributed by atoms with Gasteiger partial charge in [0.1, 0.15) is 11.9 Å². The molecule has 3 aliphatic heterocycles. The summed E-state index contributed by atoms with van der Waals surface area (Å²) < 4.78 is 13.9. The summed E-state index contributed by atoms with van der Waals surface area (Å²) in [6.45, 7) is 3.76. The predicted octanol–water partition coefficient (Wildman–Crippen LogP) is 4.35. The maximum absolute atomic E-state index is 13.9. The second kappa shape index (κ2) is 7.55. The van der Waals surface area contributed by atoms with E-state index in [1.165, 1.54) is 17.0 Å². The number of hydrogen-bond acceptors (Lipinski definition) is 4. The predicted molar refractivity (Wildman–Crippen MR) is 120 cm³/mol. The fraction of sp³-hybridized carbons (Fsp3) is 0.320. The third kappa shape index (κ3) is 2.85. The average molecular weight is 453 g/mol. The molecule has 0 aromatic heterocycles. The number of rotatable bonds is 4. The molecule has 0 spiro atoms. The van der Waals surface area contributed by atoms with Crippen LogP contribution in [0, 0.1) is 17.7 Å². The Morgan fingerprint density at radius 2 is 1.84 bits per heavy atom. The van der Waals surface area contributed by atoms with Gasteiger partial charge >= 0.3 is 0 Å². The quantitative estimate of drug-likeness (QED) is 0.511. The number of likely N-dealkylation sites (tertiary alicyclic amines) is 1. The van der Waals surface area contributed by atoms with Crippen molar-refractivity contribution < 1.29 is 18.8 Å². The van der Waals surface area contributed by atoms with Crippen molar-refractivity contribution >= 4 is 41.0 Å². The highest BCUT2D eigenvalue weighted by Gasteiger charge is 2.64. The minimum Gasteiger partial charge on any atom is -0.352 e. The minimum absolute atomic E-state index is 0.251. The molecule has 164 valence electrons. The zero-order valence-electron chi connectivity index (χ0n) is 17.7. The number of carbonyl (C=O) groups is 3. The molecule has 0 N–H and O–H groups in total. The summed E-state index contributed by atoms with van der Waals surface area (Å²) in [7, 11) is 0. The van der Waals surface area contributed by atoms with Gasteiger partial charge in [-0.05, 0) is 43.7 Å². The van der Waals surface area contributed by atoms with Gasteiger partial charge in [0.25, 0.3) is 0 Å². The summed E-state index contributed by atoms with van der Waals surface area (Å²) >= 11 is 6.34. The fourth-order valence-corrected chi connectivity index (χ4v) is 5.53. The zero-order chi connectivity index (χ0) is 22.7. The molecule has 5 rings (SSSR count). The first-order valence-corrected chi connectivity index (χ1v) is 11.1. The Morgan fingerprint density at radius 1 is 1.12 bits per heavy atom. The molecular formula is C25H22ClFN2O3. The lowest BCUT2D eigenvalue weighted by Crippen LogP contribution is -2.50. The van der Waals surface area contributed by atoms with Gasteiger partial charge < -0.3 is 4.90 Å². The Bertz CT molecular complexity index is 1180. The third-order valence-electron chi connectivity index (χ3n) is 6.94. The number of halogens is 2. The van der Waals surface area contributed by atoms with Crippen molar-refractivity contribution in [3.05, 3.63) is 70.5 Å². The summed E-state index contributed by atoms with van der Waals surface area (Å²) in [5, 5.41) is 0.292. The van der Waals surface area contributed by atoms with E-state index in [1.54, 1.807) is 36.4 Å². The van der Waals surface area contributed by atoms with Crippen molar-refractivity contribution in [2.75, 3.05) is 4.90 Å². The highest BCUT2D eigenvalue weighted by molar-refractivity contribution is 6.34. The van der Waals surface area contributed by atoms with Crippen LogP contribution in [0.4, 0.5) is 10.1 Å². The normalized spacial score (nSPS) is 26.8. The second-order valence-electron chi connectivity index (χ2n) is 8.60. The molecule has 5 atom stereocenters. The van der Waals surface area contributed by atoms with Crippen molar-refractivity contribution in [1.82, 2.24) is 4.90 Å². The molecule has 3 heterocycles. The molecule has 32 heavy (non-hydrogen) atoms. The number of anilines is 1. The van der Waals surface area contributed by atoms with E-state index in [0.717, 1.165) is 0 Å². The number of imide groups is 1. The smallest absolute Gasteiger partial charge is 0.236 e. The maximum Gasteiger partial charge on any atom is 0.236 e. The number of amides is 2. The summed E-state index contributed by atoms with van der Waals surface area (Å²) in [6.07, 6.45) is 4.21. The zero-order valence-corrected chi connectivity index (χ0v) is 18.4. The lowest BCUT2D eigenvalue weighted by atomic mass is 9.86. The van der Waals surface area contributed by atoms with Gasteiger partial charge in [0.2, 0.25) is 11.8 Å². The van der Waals surface area contributed by atoms with Gasteiger partial charge in [-0.2, -0.15) is 0 Å². The van der Waals surface area contributed by atoms with E-state index < -0.39 is 29.7 Å². The van der Waals surface area contributed by atoms with Gasteiger partial charge in [-0.3, -0.25) is 19.3 Å². The average Bonchev–Trinajstić information content (AvgIpc) is 3.26. The summed E-state index contributed by atoms with van der Waals surface area (Å²) in [6, 6.07) is 9.40. The number of carbonyl (C=O) groups excluding carboxylic acids is 3. The van der Waals surface area contributed by atoms with E-state index in [4.69, 9.17) is 11.6 Å². The largest absolute Gasteiger partial charge is 0.352 e. The first kappa shape index (κ1) is 20.9. The van der Waals surface area contributed by atoms with Crippen molar-refractivity contribution in [3.63, 3.8) is 0 Å². The van der Waals surface area contributed by atoms with Gasteiger partial charge in [-0.1, -0.05) is 42.8 Å². The summed E-state index contributed by atoms with van der Waals surface area (Å²) in [5.41, 5.74) is 1.55. The summed E-state index contributed by atoms with van der Waals surface area (Å²) in [5.74, 6) is -2.80. The SMILES string of the molecule is CC[C@@H](C)N1C(=O)[C@@H]2[C@@H](C1=O)[C@H](C(=O)c1ccccc1Cl)N1c3ccc(F)cc3C=C[C@H]21. The monoisotopic (exact) mass is 452 g/mol. The van der Waals surface area contributed by atoms with Crippen LogP contribution in [-0.2, 0) is 9.59 Å². The fourth-order valence-electron chi connectivity index (χ4n) is 5.30. The number of benzene rings is 2. The van der Waals surface area contributed by atoms with Gasteiger partial charge in [0, 0.05) is 22.9 Å². The first-order chi connectivity index (χ1) is 15.3.